The predicted molar refractivity (Wildman–Crippen MR) is 103 cm³/mol. The number of rotatable bonds is 5. The summed E-state index contributed by atoms with van der Waals surface area (Å²) < 4.78 is 28.3. The number of hydrazone groups is 1. The summed E-state index contributed by atoms with van der Waals surface area (Å²) in [5.74, 6) is 0.221. The van der Waals surface area contributed by atoms with E-state index in [9.17, 15) is 13.5 Å². The molecule has 0 radical (unpaired) electrons. The van der Waals surface area contributed by atoms with Gasteiger partial charge in [0.05, 0.1) is 19.4 Å². The van der Waals surface area contributed by atoms with E-state index in [0.717, 1.165) is 11.1 Å². The lowest BCUT2D eigenvalue weighted by Crippen LogP contribution is -2.28. The fourth-order valence-corrected chi connectivity index (χ4v) is 3.80. The molecule has 0 unspecified atom stereocenters. The molecular formula is C19H19N3O3S. The van der Waals surface area contributed by atoms with Crippen molar-refractivity contribution >= 4 is 28.1 Å². The van der Waals surface area contributed by atoms with Gasteiger partial charge in [-0.1, -0.05) is 48.5 Å². The zero-order valence-corrected chi connectivity index (χ0v) is 15.1. The van der Waals surface area contributed by atoms with Crippen LogP contribution in [-0.4, -0.2) is 43.7 Å². The number of allylic oxidation sites excluding steroid dienone is 1. The lowest BCUT2D eigenvalue weighted by molar-refractivity contribution is 0.254. The molecular weight excluding hydrogens is 350 g/mol. The molecule has 0 fully saturated rings. The maximum absolute atomic E-state index is 12.2. The second kappa shape index (κ2) is 7.63. The van der Waals surface area contributed by atoms with Crippen molar-refractivity contribution in [3.63, 3.8) is 0 Å². The molecule has 6 nitrogen and oxygen atoms in total. The molecule has 0 spiro atoms. The molecule has 0 saturated carbocycles. The van der Waals surface area contributed by atoms with Gasteiger partial charge in [0.25, 0.3) is 10.0 Å². The van der Waals surface area contributed by atoms with E-state index in [1.54, 1.807) is 24.4 Å². The van der Waals surface area contributed by atoms with E-state index in [1.165, 1.54) is 11.1 Å². The molecule has 0 aromatic heterocycles. The summed E-state index contributed by atoms with van der Waals surface area (Å²) in [6.07, 6.45) is 3.58. The Morgan fingerprint density at radius 3 is 2.58 bits per heavy atom. The smallest absolute Gasteiger partial charge is 0.285 e. The molecule has 1 aliphatic heterocycles. The van der Waals surface area contributed by atoms with Crippen LogP contribution in [0.5, 0.6) is 0 Å². The minimum Gasteiger partial charge on any atom is -0.394 e. The molecule has 2 aromatic carbocycles. The molecule has 1 N–H and O–H groups in total. The molecule has 26 heavy (non-hydrogen) atoms. The summed E-state index contributed by atoms with van der Waals surface area (Å²) in [5, 5.41) is 15.1. The van der Waals surface area contributed by atoms with Crippen LogP contribution >= 0.6 is 0 Å². The second-order valence-electron chi connectivity index (χ2n) is 5.78. The van der Waals surface area contributed by atoms with Crippen molar-refractivity contribution in [2.24, 2.45) is 9.50 Å². The third-order valence-corrected chi connectivity index (χ3v) is 5.09. The first-order valence-corrected chi connectivity index (χ1v) is 9.55. The first-order valence-electron chi connectivity index (χ1n) is 8.11. The number of amidine groups is 1. The van der Waals surface area contributed by atoms with E-state index in [-0.39, 0.29) is 23.9 Å². The van der Waals surface area contributed by atoms with Gasteiger partial charge >= 0.3 is 0 Å². The average Bonchev–Trinajstić information content (AvgIpc) is 2.91. The Kier molecular flexibility index (Phi) is 5.29. The van der Waals surface area contributed by atoms with Gasteiger partial charge in [0, 0.05) is 5.56 Å². The minimum absolute atomic E-state index is 0.137. The maximum atomic E-state index is 12.2. The number of sulfonamides is 1. The van der Waals surface area contributed by atoms with Crippen LogP contribution in [0.3, 0.4) is 0 Å². The van der Waals surface area contributed by atoms with Gasteiger partial charge in [-0.3, -0.25) is 0 Å². The molecule has 0 bridgehead atoms. The Labute approximate surface area is 152 Å². The third kappa shape index (κ3) is 3.89. The van der Waals surface area contributed by atoms with E-state index in [2.05, 4.69) is 9.50 Å². The van der Waals surface area contributed by atoms with E-state index in [4.69, 9.17) is 0 Å². The quantitative estimate of drug-likeness (QED) is 0.648. The summed E-state index contributed by atoms with van der Waals surface area (Å²) in [7, 11) is -3.73. The first kappa shape index (κ1) is 18.0. The fourth-order valence-electron chi connectivity index (χ4n) is 2.60. The largest absolute Gasteiger partial charge is 0.394 e. The molecule has 0 saturated heterocycles. The van der Waals surface area contributed by atoms with Gasteiger partial charge < -0.3 is 5.11 Å². The van der Waals surface area contributed by atoms with Gasteiger partial charge in [0.2, 0.25) is 0 Å². The number of hydrogen-bond donors (Lipinski definition) is 1. The Morgan fingerprint density at radius 2 is 1.85 bits per heavy atom. The monoisotopic (exact) mass is 369 g/mol. The van der Waals surface area contributed by atoms with Gasteiger partial charge in [0.15, 0.2) is 5.84 Å². The topological polar surface area (TPSA) is 82.3 Å². The summed E-state index contributed by atoms with van der Waals surface area (Å²) in [6, 6.07) is 16.4. The minimum atomic E-state index is -3.73. The molecule has 1 heterocycles. The normalized spacial score (nSPS) is 15.8. The van der Waals surface area contributed by atoms with Crippen molar-refractivity contribution in [1.29, 1.82) is 0 Å². The second-order valence-corrected chi connectivity index (χ2v) is 7.35. The first-order chi connectivity index (χ1) is 12.5. The van der Waals surface area contributed by atoms with E-state index < -0.39 is 10.0 Å². The molecule has 1 aliphatic rings. The van der Waals surface area contributed by atoms with Crippen LogP contribution in [0, 0.1) is 0 Å². The maximum Gasteiger partial charge on any atom is 0.285 e. The number of aliphatic hydroxyl groups is 1. The number of benzene rings is 2. The fraction of sp³-hybridized carbons (Fsp3) is 0.158. The number of fused-ring (bicyclic) bond motifs is 1. The molecule has 0 atom stereocenters. The Balaban J connectivity index is 1.90. The van der Waals surface area contributed by atoms with Crippen LogP contribution in [0.25, 0.3) is 6.08 Å². The summed E-state index contributed by atoms with van der Waals surface area (Å²) >= 11 is 0. The number of nitrogens with zero attached hydrogens (tertiary/aromatic N) is 3. The van der Waals surface area contributed by atoms with Crippen molar-refractivity contribution in [3.05, 3.63) is 71.3 Å². The van der Waals surface area contributed by atoms with Crippen molar-refractivity contribution in [1.82, 2.24) is 5.01 Å². The zero-order valence-electron chi connectivity index (χ0n) is 14.3. The Bertz CT molecular complexity index is 980. The molecule has 3 rings (SSSR count). The summed E-state index contributed by atoms with van der Waals surface area (Å²) in [4.78, 5) is 0.157. The predicted octanol–water partition coefficient (Wildman–Crippen LogP) is 2.52. The van der Waals surface area contributed by atoms with Gasteiger partial charge in [-0.2, -0.15) is 13.5 Å². The van der Waals surface area contributed by atoms with Crippen molar-refractivity contribution in [2.45, 2.75) is 11.8 Å². The van der Waals surface area contributed by atoms with Crippen LogP contribution in [0.2, 0.25) is 0 Å². The van der Waals surface area contributed by atoms with E-state index in [0.29, 0.717) is 5.56 Å². The highest BCUT2D eigenvalue weighted by Crippen LogP contribution is 2.27. The third-order valence-electron chi connectivity index (χ3n) is 3.76. The average molecular weight is 369 g/mol. The van der Waals surface area contributed by atoms with Crippen molar-refractivity contribution in [2.75, 3.05) is 13.2 Å². The van der Waals surface area contributed by atoms with E-state index >= 15 is 0 Å². The highest BCUT2D eigenvalue weighted by molar-refractivity contribution is 7.90. The summed E-state index contributed by atoms with van der Waals surface area (Å²) in [6.45, 7) is 1.85. The van der Waals surface area contributed by atoms with Crippen LogP contribution in [0.4, 0.5) is 0 Å². The molecule has 134 valence electrons. The van der Waals surface area contributed by atoms with E-state index in [1.807, 2.05) is 43.3 Å². The van der Waals surface area contributed by atoms with Gasteiger partial charge in [-0.05, 0) is 30.2 Å². The van der Waals surface area contributed by atoms with Crippen LogP contribution in [0.1, 0.15) is 18.1 Å². The Morgan fingerprint density at radius 1 is 1.15 bits per heavy atom. The number of hydrogen-bond acceptors (Lipinski definition) is 5. The number of aliphatic hydroxyl groups excluding tert-OH is 1. The highest BCUT2D eigenvalue weighted by atomic mass is 32.2. The SMILES string of the molecule is CC(/C=N/N(CCO)C1=NS(=O)(=O)c2ccccc21)=C\c1ccccc1. The lowest BCUT2D eigenvalue weighted by atomic mass is 10.1. The van der Waals surface area contributed by atoms with Crippen molar-refractivity contribution in [3.8, 4) is 0 Å². The zero-order chi connectivity index (χ0) is 18.6. The molecule has 0 aliphatic carbocycles. The van der Waals surface area contributed by atoms with Crippen LogP contribution in [0.15, 0.2) is 74.6 Å². The van der Waals surface area contributed by atoms with Crippen LogP contribution < -0.4 is 0 Å². The standard InChI is InChI=1S/C19H19N3O3S/c1-15(13-16-7-3-2-4-8-16)14-20-22(11-12-23)19-17-9-5-6-10-18(17)26(24,25)21-19/h2-10,13-14,23H,11-12H2,1H3/b15-13+,20-14+. The molecule has 0 amide bonds. The Hall–Kier alpha value is -2.77. The van der Waals surface area contributed by atoms with Gasteiger partial charge in [-0.25, -0.2) is 5.01 Å². The lowest BCUT2D eigenvalue weighted by Gasteiger charge is -2.17. The highest BCUT2D eigenvalue weighted by Gasteiger charge is 2.31. The van der Waals surface area contributed by atoms with Gasteiger partial charge in [0.1, 0.15) is 4.90 Å². The summed E-state index contributed by atoms with van der Waals surface area (Å²) in [5.41, 5.74) is 2.41. The van der Waals surface area contributed by atoms with Crippen LogP contribution in [-0.2, 0) is 10.0 Å². The van der Waals surface area contributed by atoms with Gasteiger partial charge in [-0.15, -0.1) is 4.40 Å². The molecule has 7 heteroatoms. The molecule has 2 aromatic rings. The van der Waals surface area contributed by atoms with Crippen molar-refractivity contribution < 1.29 is 13.5 Å².